The molecule has 0 unspecified atom stereocenters. The number of para-hydroxylation sites is 1. The van der Waals surface area contributed by atoms with Crippen LogP contribution in [0.1, 0.15) is 5.56 Å². The van der Waals surface area contributed by atoms with E-state index in [1.165, 1.54) is 5.56 Å². The molecule has 0 amide bonds. The number of hydrogen-bond acceptors (Lipinski definition) is 4. The van der Waals surface area contributed by atoms with Gasteiger partial charge in [0.2, 0.25) is 5.95 Å². The SMILES string of the molecule is Cc1ccccc1Nc1ncc2ccsc2n1. The van der Waals surface area contributed by atoms with Crippen LogP contribution in [0.2, 0.25) is 0 Å². The predicted molar refractivity (Wildman–Crippen MR) is 71.9 cm³/mol. The Labute approximate surface area is 103 Å². The molecule has 17 heavy (non-hydrogen) atoms. The van der Waals surface area contributed by atoms with Crippen LogP contribution < -0.4 is 5.32 Å². The van der Waals surface area contributed by atoms with Gasteiger partial charge in [0, 0.05) is 17.3 Å². The summed E-state index contributed by atoms with van der Waals surface area (Å²) in [5, 5.41) is 6.35. The number of fused-ring (bicyclic) bond motifs is 1. The van der Waals surface area contributed by atoms with Crippen LogP contribution in [0.15, 0.2) is 41.9 Å². The van der Waals surface area contributed by atoms with Crippen molar-refractivity contribution < 1.29 is 0 Å². The lowest BCUT2D eigenvalue weighted by atomic mass is 10.2. The van der Waals surface area contributed by atoms with Crippen molar-refractivity contribution in [2.75, 3.05) is 5.32 Å². The van der Waals surface area contributed by atoms with Crippen LogP contribution in [0.5, 0.6) is 0 Å². The largest absolute Gasteiger partial charge is 0.324 e. The highest BCUT2D eigenvalue weighted by Crippen LogP contribution is 2.21. The first-order valence-corrected chi connectivity index (χ1v) is 6.24. The van der Waals surface area contributed by atoms with Crippen LogP contribution >= 0.6 is 11.3 Å². The molecule has 3 nitrogen and oxygen atoms in total. The minimum absolute atomic E-state index is 0.647. The highest BCUT2D eigenvalue weighted by Gasteiger charge is 2.02. The Hall–Kier alpha value is -1.94. The number of benzene rings is 1. The lowest BCUT2D eigenvalue weighted by Gasteiger charge is -2.07. The minimum atomic E-state index is 0.647. The van der Waals surface area contributed by atoms with E-state index in [-0.39, 0.29) is 0 Å². The smallest absolute Gasteiger partial charge is 0.228 e. The molecule has 3 aromatic rings. The standard InChI is InChI=1S/C13H11N3S/c1-9-4-2-3-5-11(9)15-13-14-8-10-6-7-17-12(10)16-13/h2-8H,1H3,(H,14,15,16). The van der Waals surface area contributed by atoms with Crippen molar-refractivity contribution in [2.45, 2.75) is 6.92 Å². The van der Waals surface area contributed by atoms with Gasteiger partial charge in [-0.15, -0.1) is 11.3 Å². The number of rotatable bonds is 2. The van der Waals surface area contributed by atoms with E-state index >= 15 is 0 Å². The first kappa shape index (κ1) is 10.2. The summed E-state index contributed by atoms with van der Waals surface area (Å²) in [5.74, 6) is 0.647. The van der Waals surface area contributed by atoms with E-state index in [1.54, 1.807) is 11.3 Å². The average molecular weight is 241 g/mol. The van der Waals surface area contributed by atoms with Crippen LogP contribution in [-0.4, -0.2) is 9.97 Å². The van der Waals surface area contributed by atoms with Crippen molar-refractivity contribution in [3.05, 3.63) is 47.5 Å². The highest BCUT2D eigenvalue weighted by molar-refractivity contribution is 7.16. The molecule has 0 aliphatic heterocycles. The van der Waals surface area contributed by atoms with E-state index in [1.807, 2.05) is 35.8 Å². The summed E-state index contributed by atoms with van der Waals surface area (Å²) in [6.45, 7) is 2.06. The van der Waals surface area contributed by atoms with Gasteiger partial charge in [0.15, 0.2) is 0 Å². The molecule has 0 radical (unpaired) electrons. The van der Waals surface area contributed by atoms with Crippen molar-refractivity contribution in [1.29, 1.82) is 0 Å². The zero-order valence-electron chi connectivity index (χ0n) is 9.34. The molecule has 0 spiro atoms. The quantitative estimate of drug-likeness (QED) is 0.742. The Morgan fingerprint density at radius 1 is 1.18 bits per heavy atom. The summed E-state index contributed by atoms with van der Waals surface area (Å²) in [4.78, 5) is 9.78. The van der Waals surface area contributed by atoms with Crippen LogP contribution in [0.3, 0.4) is 0 Å². The fourth-order valence-corrected chi connectivity index (χ4v) is 2.39. The maximum absolute atomic E-state index is 4.47. The van der Waals surface area contributed by atoms with Crippen LogP contribution in [0.25, 0.3) is 10.2 Å². The van der Waals surface area contributed by atoms with Gasteiger partial charge in [0.05, 0.1) is 0 Å². The molecule has 1 aromatic carbocycles. The number of thiophene rings is 1. The first-order valence-electron chi connectivity index (χ1n) is 5.36. The molecule has 2 heterocycles. The van der Waals surface area contributed by atoms with E-state index in [4.69, 9.17) is 0 Å². The average Bonchev–Trinajstić information content (AvgIpc) is 2.79. The number of aromatic nitrogens is 2. The number of anilines is 2. The van der Waals surface area contributed by atoms with E-state index in [9.17, 15) is 0 Å². The molecule has 0 aliphatic carbocycles. The predicted octanol–water partition coefficient (Wildman–Crippen LogP) is 3.74. The third-order valence-electron chi connectivity index (χ3n) is 2.60. The lowest BCUT2D eigenvalue weighted by Crippen LogP contribution is -1.97. The molecule has 4 heteroatoms. The Bertz CT molecular complexity index is 660. The molecule has 1 N–H and O–H groups in total. The number of nitrogens with one attached hydrogen (secondary N) is 1. The molecular formula is C13H11N3S. The van der Waals surface area contributed by atoms with E-state index in [2.05, 4.69) is 28.3 Å². The third-order valence-corrected chi connectivity index (χ3v) is 3.42. The van der Waals surface area contributed by atoms with Crippen molar-refractivity contribution in [3.63, 3.8) is 0 Å². The second kappa shape index (κ2) is 4.14. The summed E-state index contributed by atoms with van der Waals surface area (Å²) in [7, 11) is 0. The molecule has 0 saturated carbocycles. The molecule has 0 atom stereocenters. The Morgan fingerprint density at radius 3 is 2.94 bits per heavy atom. The first-order chi connectivity index (χ1) is 8.33. The van der Waals surface area contributed by atoms with Gasteiger partial charge in [-0.2, -0.15) is 0 Å². The zero-order chi connectivity index (χ0) is 11.7. The summed E-state index contributed by atoms with van der Waals surface area (Å²) >= 11 is 1.63. The van der Waals surface area contributed by atoms with Crippen LogP contribution in [0.4, 0.5) is 11.6 Å². The van der Waals surface area contributed by atoms with Crippen molar-refractivity contribution in [1.82, 2.24) is 9.97 Å². The monoisotopic (exact) mass is 241 g/mol. The van der Waals surface area contributed by atoms with Gasteiger partial charge in [-0.1, -0.05) is 18.2 Å². The van der Waals surface area contributed by atoms with E-state index in [0.29, 0.717) is 5.95 Å². The van der Waals surface area contributed by atoms with Crippen LogP contribution in [0, 0.1) is 6.92 Å². The molecule has 0 aliphatic rings. The van der Waals surface area contributed by atoms with Gasteiger partial charge in [-0.3, -0.25) is 0 Å². The summed E-state index contributed by atoms with van der Waals surface area (Å²) in [6, 6.07) is 10.1. The fourth-order valence-electron chi connectivity index (χ4n) is 1.65. The fraction of sp³-hybridized carbons (Fsp3) is 0.0769. The molecule has 2 aromatic heterocycles. The molecule has 84 valence electrons. The summed E-state index contributed by atoms with van der Waals surface area (Å²) < 4.78 is 0. The van der Waals surface area contributed by atoms with Gasteiger partial charge in [-0.25, -0.2) is 9.97 Å². The van der Waals surface area contributed by atoms with E-state index < -0.39 is 0 Å². The molecular weight excluding hydrogens is 230 g/mol. The molecule has 3 rings (SSSR count). The molecule has 0 bridgehead atoms. The van der Waals surface area contributed by atoms with Gasteiger partial charge in [0.25, 0.3) is 0 Å². The molecule has 0 fully saturated rings. The Balaban J connectivity index is 1.97. The second-order valence-corrected chi connectivity index (χ2v) is 4.71. The lowest BCUT2D eigenvalue weighted by molar-refractivity contribution is 1.22. The third kappa shape index (κ3) is 1.99. The highest BCUT2D eigenvalue weighted by atomic mass is 32.1. The Morgan fingerprint density at radius 2 is 2.06 bits per heavy atom. The summed E-state index contributed by atoms with van der Waals surface area (Å²) in [6.07, 6.45) is 1.85. The van der Waals surface area contributed by atoms with Crippen molar-refractivity contribution in [2.24, 2.45) is 0 Å². The zero-order valence-corrected chi connectivity index (χ0v) is 10.2. The van der Waals surface area contributed by atoms with Crippen molar-refractivity contribution in [3.8, 4) is 0 Å². The van der Waals surface area contributed by atoms with Crippen LogP contribution in [-0.2, 0) is 0 Å². The maximum Gasteiger partial charge on any atom is 0.228 e. The van der Waals surface area contributed by atoms with Gasteiger partial charge < -0.3 is 5.32 Å². The van der Waals surface area contributed by atoms with Gasteiger partial charge in [-0.05, 0) is 30.0 Å². The number of nitrogens with zero attached hydrogens (tertiary/aromatic N) is 2. The van der Waals surface area contributed by atoms with Crippen molar-refractivity contribution >= 4 is 33.2 Å². The number of aryl methyl sites for hydroxylation is 1. The van der Waals surface area contributed by atoms with Gasteiger partial charge >= 0.3 is 0 Å². The minimum Gasteiger partial charge on any atom is -0.324 e. The van der Waals surface area contributed by atoms with Gasteiger partial charge in [0.1, 0.15) is 4.83 Å². The number of hydrogen-bond donors (Lipinski definition) is 1. The second-order valence-electron chi connectivity index (χ2n) is 3.81. The molecule has 0 saturated heterocycles. The normalized spacial score (nSPS) is 10.6. The maximum atomic E-state index is 4.47. The van der Waals surface area contributed by atoms with E-state index in [0.717, 1.165) is 15.9 Å². The summed E-state index contributed by atoms with van der Waals surface area (Å²) in [5.41, 5.74) is 2.23. The topological polar surface area (TPSA) is 37.8 Å². The Kier molecular flexibility index (Phi) is 2.49.